The van der Waals surface area contributed by atoms with Crippen LogP contribution in [0.5, 0.6) is 11.5 Å². The van der Waals surface area contributed by atoms with Crippen molar-refractivity contribution in [2.24, 2.45) is 7.05 Å². The molecule has 6 heteroatoms. The maximum atomic E-state index is 11.9. The average molecular weight is 247 g/mol. The maximum Gasteiger partial charge on any atom is 0.362 e. The molecular formula is C12H13N3O3. The number of aryl methyl sites for hydroxylation is 1. The summed E-state index contributed by atoms with van der Waals surface area (Å²) in [5.74, 6) is 0.772. The van der Waals surface area contributed by atoms with E-state index < -0.39 is 5.97 Å². The van der Waals surface area contributed by atoms with E-state index in [1.54, 1.807) is 38.4 Å². The quantitative estimate of drug-likeness (QED) is 0.651. The molecule has 1 aromatic carbocycles. The van der Waals surface area contributed by atoms with Crippen LogP contribution in [0.25, 0.3) is 0 Å². The van der Waals surface area contributed by atoms with E-state index in [-0.39, 0.29) is 11.5 Å². The van der Waals surface area contributed by atoms with Crippen LogP contribution in [-0.2, 0) is 7.05 Å². The largest absolute Gasteiger partial charge is 0.497 e. The average Bonchev–Trinajstić information content (AvgIpc) is 2.69. The van der Waals surface area contributed by atoms with Crippen molar-refractivity contribution in [2.45, 2.75) is 0 Å². The van der Waals surface area contributed by atoms with Crippen LogP contribution in [0, 0.1) is 0 Å². The summed E-state index contributed by atoms with van der Waals surface area (Å²) in [7, 11) is 3.17. The van der Waals surface area contributed by atoms with Crippen LogP contribution in [0.4, 0.5) is 5.82 Å². The van der Waals surface area contributed by atoms with Gasteiger partial charge in [0.2, 0.25) is 0 Å². The normalized spacial score (nSPS) is 10.1. The molecule has 2 aromatic rings. The van der Waals surface area contributed by atoms with Crippen LogP contribution in [0.15, 0.2) is 30.3 Å². The molecule has 0 amide bonds. The Morgan fingerprint density at radius 3 is 2.67 bits per heavy atom. The van der Waals surface area contributed by atoms with E-state index in [4.69, 9.17) is 15.2 Å². The van der Waals surface area contributed by atoms with Crippen LogP contribution in [0.2, 0.25) is 0 Å². The molecule has 2 N–H and O–H groups in total. The molecule has 0 bridgehead atoms. The van der Waals surface area contributed by atoms with E-state index in [0.717, 1.165) is 0 Å². The highest BCUT2D eigenvalue weighted by atomic mass is 16.5. The first-order chi connectivity index (χ1) is 8.60. The Morgan fingerprint density at radius 2 is 2.06 bits per heavy atom. The third kappa shape index (κ3) is 2.42. The number of hydrogen-bond donors (Lipinski definition) is 1. The summed E-state index contributed by atoms with van der Waals surface area (Å²) < 4.78 is 11.6. The molecule has 6 nitrogen and oxygen atoms in total. The Labute approximate surface area is 104 Å². The molecule has 0 atom stereocenters. The van der Waals surface area contributed by atoms with Gasteiger partial charge in [0.15, 0.2) is 0 Å². The molecule has 0 spiro atoms. The molecule has 0 radical (unpaired) electrons. The smallest absolute Gasteiger partial charge is 0.362 e. The minimum Gasteiger partial charge on any atom is -0.497 e. The van der Waals surface area contributed by atoms with Crippen molar-refractivity contribution in [3.63, 3.8) is 0 Å². The zero-order chi connectivity index (χ0) is 13.1. The fourth-order valence-corrected chi connectivity index (χ4v) is 1.50. The molecule has 0 fully saturated rings. The maximum absolute atomic E-state index is 11.9. The summed E-state index contributed by atoms with van der Waals surface area (Å²) in [5, 5.41) is 3.88. The molecule has 1 aromatic heterocycles. The van der Waals surface area contributed by atoms with Crippen LogP contribution >= 0.6 is 0 Å². The summed E-state index contributed by atoms with van der Waals surface area (Å²) in [4.78, 5) is 11.9. The molecule has 0 aliphatic carbocycles. The van der Waals surface area contributed by atoms with E-state index in [2.05, 4.69) is 5.10 Å². The molecule has 0 saturated heterocycles. The van der Waals surface area contributed by atoms with E-state index in [0.29, 0.717) is 11.5 Å². The number of benzene rings is 1. The van der Waals surface area contributed by atoms with Crippen molar-refractivity contribution >= 4 is 11.8 Å². The lowest BCUT2D eigenvalue weighted by atomic mass is 10.3. The number of hydrogen-bond acceptors (Lipinski definition) is 5. The minimum atomic E-state index is -0.519. The summed E-state index contributed by atoms with van der Waals surface area (Å²) in [6, 6.07) is 8.25. The second-order valence-electron chi connectivity index (χ2n) is 3.65. The Bertz CT molecular complexity index is 578. The third-order valence-corrected chi connectivity index (χ3v) is 2.36. The van der Waals surface area contributed by atoms with Gasteiger partial charge < -0.3 is 15.2 Å². The molecule has 0 aliphatic rings. The lowest BCUT2D eigenvalue weighted by Crippen LogP contribution is -2.13. The lowest BCUT2D eigenvalue weighted by molar-refractivity contribution is 0.0723. The number of esters is 1. The highest BCUT2D eigenvalue weighted by Crippen LogP contribution is 2.20. The number of anilines is 1. The summed E-state index contributed by atoms with van der Waals surface area (Å²) >= 11 is 0. The molecule has 18 heavy (non-hydrogen) atoms. The number of rotatable bonds is 3. The second kappa shape index (κ2) is 4.79. The SMILES string of the molecule is COc1cccc(OC(=O)c2cc(N)nn2C)c1. The van der Waals surface area contributed by atoms with Crippen molar-refractivity contribution < 1.29 is 14.3 Å². The number of nitrogen functional groups attached to an aromatic ring is 1. The summed E-state index contributed by atoms with van der Waals surface area (Å²) in [6.07, 6.45) is 0. The Morgan fingerprint density at radius 1 is 1.33 bits per heavy atom. The topological polar surface area (TPSA) is 79.4 Å². The molecule has 0 unspecified atom stereocenters. The second-order valence-corrected chi connectivity index (χ2v) is 3.65. The van der Waals surface area contributed by atoms with Gasteiger partial charge in [-0.15, -0.1) is 0 Å². The summed E-state index contributed by atoms with van der Waals surface area (Å²) in [6.45, 7) is 0. The van der Waals surface area contributed by atoms with Crippen LogP contribution in [-0.4, -0.2) is 22.9 Å². The molecule has 0 saturated carbocycles. The zero-order valence-electron chi connectivity index (χ0n) is 10.1. The predicted octanol–water partition coefficient (Wildman–Crippen LogP) is 1.23. The number of methoxy groups -OCH3 is 1. The molecular weight excluding hydrogens is 234 g/mol. The Hall–Kier alpha value is -2.50. The molecule has 94 valence electrons. The molecule has 0 aliphatic heterocycles. The van der Waals surface area contributed by atoms with Crippen molar-refractivity contribution in [1.82, 2.24) is 9.78 Å². The van der Waals surface area contributed by atoms with Gasteiger partial charge in [-0.05, 0) is 12.1 Å². The monoisotopic (exact) mass is 247 g/mol. The van der Waals surface area contributed by atoms with Gasteiger partial charge in [0.25, 0.3) is 0 Å². The van der Waals surface area contributed by atoms with E-state index in [1.165, 1.54) is 10.7 Å². The van der Waals surface area contributed by atoms with Crippen LogP contribution in [0.3, 0.4) is 0 Å². The van der Waals surface area contributed by atoms with Gasteiger partial charge in [0.1, 0.15) is 23.0 Å². The molecule has 2 rings (SSSR count). The minimum absolute atomic E-state index is 0.273. The number of carbonyl (C=O) groups excluding carboxylic acids is 1. The van der Waals surface area contributed by atoms with Crippen molar-refractivity contribution in [3.8, 4) is 11.5 Å². The third-order valence-electron chi connectivity index (χ3n) is 2.36. The van der Waals surface area contributed by atoms with Gasteiger partial charge in [-0.3, -0.25) is 4.68 Å². The number of nitrogens with two attached hydrogens (primary N) is 1. The Kier molecular flexibility index (Phi) is 3.18. The number of aromatic nitrogens is 2. The predicted molar refractivity (Wildman–Crippen MR) is 65.6 cm³/mol. The van der Waals surface area contributed by atoms with Gasteiger partial charge >= 0.3 is 5.97 Å². The van der Waals surface area contributed by atoms with Crippen molar-refractivity contribution in [2.75, 3.05) is 12.8 Å². The number of nitrogens with zero attached hydrogens (tertiary/aromatic N) is 2. The van der Waals surface area contributed by atoms with Crippen molar-refractivity contribution in [3.05, 3.63) is 36.0 Å². The summed E-state index contributed by atoms with van der Waals surface area (Å²) in [5.41, 5.74) is 5.78. The fourth-order valence-electron chi connectivity index (χ4n) is 1.50. The van der Waals surface area contributed by atoms with Crippen LogP contribution < -0.4 is 15.2 Å². The first-order valence-electron chi connectivity index (χ1n) is 5.26. The van der Waals surface area contributed by atoms with Gasteiger partial charge in [-0.1, -0.05) is 6.07 Å². The van der Waals surface area contributed by atoms with E-state index in [1.807, 2.05) is 0 Å². The lowest BCUT2D eigenvalue weighted by Gasteiger charge is -2.05. The highest BCUT2D eigenvalue weighted by Gasteiger charge is 2.14. The first-order valence-corrected chi connectivity index (χ1v) is 5.26. The zero-order valence-corrected chi connectivity index (χ0v) is 10.1. The van der Waals surface area contributed by atoms with Gasteiger partial charge in [-0.25, -0.2) is 4.79 Å². The van der Waals surface area contributed by atoms with Gasteiger partial charge in [-0.2, -0.15) is 5.10 Å². The van der Waals surface area contributed by atoms with Gasteiger partial charge in [0, 0.05) is 19.2 Å². The van der Waals surface area contributed by atoms with E-state index >= 15 is 0 Å². The fraction of sp³-hybridized carbons (Fsp3) is 0.167. The van der Waals surface area contributed by atoms with Gasteiger partial charge in [0.05, 0.1) is 7.11 Å². The highest BCUT2D eigenvalue weighted by molar-refractivity contribution is 5.90. The Balaban J connectivity index is 2.18. The number of ether oxygens (including phenoxy) is 2. The van der Waals surface area contributed by atoms with Crippen molar-refractivity contribution in [1.29, 1.82) is 0 Å². The van der Waals surface area contributed by atoms with Crippen LogP contribution in [0.1, 0.15) is 10.5 Å². The molecule has 1 heterocycles. The first kappa shape index (κ1) is 12.0. The van der Waals surface area contributed by atoms with E-state index in [9.17, 15) is 4.79 Å². The standard InChI is InChI=1S/C12H13N3O3/c1-15-10(7-11(13)14-15)12(16)18-9-5-3-4-8(6-9)17-2/h3-7H,1-2H3,(H2,13,14). The number of carbonyl (C=O) groups is 1.